The highest BCUT2D eigenvalue weighted by Crippen LogP contribution is 2.22. The summed E-state index contributed by atoms with van der Waals surface area (Å²) in [7, 11) is -3.24. The van der Waals surface area contributed by atoms with Gasteiger partial charge in [-0.3, -0.25) is 0 Å². The molecule has 0 aromatic rings. The van der Waals surface area contributed by atoms with E-state index in [0.29, 0.717) is 25.7 Å². The predicted octanol–water partition coefficient (Wildman–Crippen LogP) is 0.789. The number of hydrogen-bond acceptors (Lipinski definition) is 3. The summed E-state index contributed by atoms with van der Waals surface area (Å²) in [6, 6.07) is 0.406. The molecule has 0 spiro atoms. The molecule has 5 nitrogen and oxygen atoms in total. The minimum absolute atomic E-state index is 0.110. The van der Waals surface area contributed by atoms with E-state index in [2.05, 4.69) is 19.2 Å². The Morgan fingerprint density at radius 2 is 1.83 bits per heavy atom. The Labute approximate surface area is 111 Å². The summed E-state index contributed by atoms with van der Waals surface area (Å²) in [5.41, 5.74) is 0. The normalized spacial score (nSPS) is 31.9. The molecule has 2 aliphatic rings. The Morgan fingerprint density at radius 1 is 1.17 bits per heavy atom. The number of hydrogen-bond donors (Lipinski definition) is 1. The minimum atomic E-state index is -3.24. The van der Waals surface area contributed by atoms with E-state index in [1.807, 2.05) is 0 Å². The Hall–Kier alpha value is -0.170. The van der Waals surface area contributed by atoms with Crippen LogP contribution in [0.15, 0.2) is 0 Å². The summed E-state index contributed by atoms with van der Waals surface area (Å²) in [5.74, 6) is 0. The lowest BCUT2D eigenvalue weighted by molar-refractivity contribution is 0.203. The fraction of sp³-hybridized carbons (Fsp3) is 1.00. The molecule has 0 bridgehead atoms. The Kier molecular flexibility index (Phi) is 4.64. The van der Waals surface area contributed by atoms with Gasteiger partial charge >= 0.3 is 0 Å². The van der Waals surface area contributed by atoms with E-state index in [1.165, 1.54) is 0 Å². The second-order valence-electron chi connectivity index (χ2n) is 5.26. The van der Waals surface area contributed by atoms with Crippen molar-refractivity contribution in [2.45, 2.75) is 51.6 Å². The average Bonchev–Trinajstić information content (AvgIpc) is 2.92. The third-order valence-electron chi connectivity index (χ3n) is 4.10. The second kappa shape index (κ2) is 5.86. The van der Waals surface area contributed by atoms with Crippen molar-refractivity contribution in [1.29, 1.82) is 0 Å². The topological polar surface area (TPSA) is 52.7 Å². The van der Waals surface area contributed by atoms with Gasteiger partial charge in [0.25, 0.3) is 10.2 Å². The highest BCUT2D eigenvalue weighted by molar-refractivity contribution is 7.86. The van der Waals surface area contributed by atoms with Crippen LogP contribution >= 0.6 is 0 Å². The van der Waals surface area contributed by atoms with Crippen molar-refractivity contribution in [2.24, 2.45) is 0 Å². The maximum absolute atomic E-state index is 12.6. The predicted molar refractivity (Wildman–Crippen MR) is 72.6 cm³/mol. The molecule has 2 rings (SSSR count). The molecule has 106 valence electrons. The van der Waals surface area contributed by atoms with Crippen LogP contribution in [0.2, 0.25) is 0 Å². The van der Waals surface area contributed by atoms with E-state index in [0.717, 1.165) is 32.2 Å². The molecule has 0 saturated carbocycles. The molecule has 2 atom stereocenters. The van der Waals surface area contributed by atoms with Crippen molar-refractivity contribution in [1.82, 2.24) is 13.9 Å². The van der Waals surface area contributed by atoms with Gasteiger partial charge in [0.2, 0.25) is 0 Å². The van der Waals surface area contributed by atoms with E-state index in [-0.39, 0.29) is 6.04 Å². The monoisotopic (exact) mass is 275 g/mol. The van der Waals surface area contributed by atoms with Crippen LogP contribution in [0.3, 0.4) is 0 Å². The van der Waals surface area contributed by atoms with Crippen LogP contribution in [0.4, 0.5) is 0 Å². The summed E-state index contributed by atoms with van der Waals surface area (Å²) in [4.78, 5) is 0. The second-order valence-corrected chi connectivity index (χ2v) is 7.14. The molecule has 18 heavy (non-hydrogen) atoms. The Balaban J connectivity index is 2.16. The zero-order valence-electron chi connectivity index (χ0n) is 11.4. The molecule has 2 fully saturated rings. The summed E-state index contributed by atoms with van der Waals surface area (Å²) in [6.45, 7) is 6.95. The van der Waals surface area contributed by atoms with Crippen LogP contribution < -0.4 is 5.32 Å². The van der Waals surface area contributed by atoms with Gasteiger partial charge in [0.1, 0.15) is 0 Å². The van der Waals surface area contributed by atoms with Gasteiger partial charge in [-0.25, -0.2) is 0 Å². The molecule has 0 amide bonds. The first-order valence-corrected chi connectivity index (χ1v) is 8.49. The zero-order chi connectivity index (χ0) is 13.2. The molecule has 1 N–H and O–H groups in total. The molecule has 0 radical (unpaired) electrons. The van der Waals surface area contributed by atoms with Crippen LogP contribution in [-0.4, -0.2) is 55.3 Å². The maximum atomic E-state index is 12.6. The minimum Gasteiger partial charge on any atom is -0.311 e. The molecule has 0 aromatic heterocycles. The molecule has 2 unspecified atom stereocenters. The van der Waals surface area contributed by atoms with Crippen LogP contribution in [0, 0.1) is 0 Å². The SMILES string of the molecule is CCC1CN(S(=O)(=O)N2CCCC2)C(CC)CN1. The quantitative estimate of drug-likeness (QED) is 0.825. The molecule has 2 saturated heterocycles. The highest BCUT2D eigenvalue weighted by atomic mass is 32.2. The van der Waals surface area contributed by atoms with Gasteiger partial charge in [-0.15, -0.1) is 0 Å². The smallest absolute Gasteiger partial charge is 0.282 e. The summed E-state index contributed by atoms with van der Waals surface area (Å²) in [5, 5.41) is 3.44. The highest BCUT2D eigenvalue weighted by Gasteiger charge is 2.38. The van der Waals surface area contributed by atoms with Crippen LogP contribution in [0.1, 0.15) is 39.5 Å². The molecule has 2 heterocycles. The lowest BCUT2D eigenvalue weighted by atomic mass is 10.1. The van der Waals surface area contributed by atoms with Crippen molar-refractivity contribution in [3.63, 3.8) is 0 Å². The lowest BCUT2D eigenvalue weighted by Gasteiger charge is -2.40. The van der Waals surface area contributed by atoms with Crippen LogP contribution in [0.25, 0.3) is 0 Å². The number of piperazine rings is 1. The summed E-state index contributed by atoms with van der Waals surface area (Å²) < 4.78 is 28.7. The van der Waals surface area contributed by atoms with Gasteiger partial charge in [0.05, 0.1) is 0 Å². The molecule has 2 aliphatic heterocycles. The van der Waals surface area contributed by atoms with Crippen molar-refractivity contribution in [3.8, 4) is 0 Å². The van der Waals surface area contributed by atoms with Crippen molar-refractivity contribution in [3.05, 3.63) is 0 Å². The number of rotatable bonds is 4. The molecular formula is C12H25N3O2S. The van der Waals surface area contributed by atoms with Gasteiger partial charge in [-0.05, 0) is 25.7 Å². The van der Waals surface area contributed by atoms with Gasteiger partial charge in [0.15, 0.2) is 0 Å². The van der Waals surface area contributed by atoms with E-state index in [4.69, 9.17) is 0 Å². The molecule has 0 aliphatic carbocycles. The van der Waals surface area contributed by atoms with Gasteiger partial charge < -0.3 is 5.32 Å². The van der Waals surface area contributed by atoms with Crippen molar-refractivity contribution >= 4 is 10.2 Å². The van der Waals surface area contributed by atoms with Crippen LogP contribution in [0.5, 0.6) is 0 Å². The molecular weight excluding hydrogens is 250 g/mol. The maximum Gasteiger partial charge on any atom is 0.282 e. The van der Waals surface area contributed by atoms with Gasteiger partial charge in [-0.1, -0.05) is 13.8 Å². The van der Waals surface area contributed by atoms with E-state index in [9.17, 15) is 8.42 Å². The number of nitrogens with zero attached hydrogens (tertiary/aromatic N) is 2. The average molecular weight is 275 g/mol. The Morgan fingerprint density at radius 3 is 2.39 bits per heavy atom. The molecule has 0 aromatic carbocycles. The summed E-state index contributed by atoms with van der Waals surface area (Å²) in [6.07, 6.45) is 3.84. The first kappa shape index (κ1) is 14.2. The standard InChI is InChI=1S/C12H25N3O2S/c1-3-11-10-15(12(4-2)9-13-11)18(16,17)14-7-5-6-8-14/h11-13H,3-10H2,1-2H3. The van der Waals surface area contributed by atoms with E-state index < -0.39 is 10.2 Å². The van der Waals surface area contributed by atoms with Crippen molar-refractivity contribution < 1.29 is 8.42 Å². The summed E-state index contributed by atoms with van der Waals surface area (Å²) >= 11 is 0. The van der Waals surface area contributed by atoms with Crippen LogP contribution in [-0.2, 0) is 10.2 Å². The third-order valence-corrected chi connectivity index (χ3v) is 6.16. The Bertz CT molecular complexity index is 366. The van der Waals surface area contributed by atoms with E-state index >= 15 is 0 Å². The van der Waals surface area contributed by atoms with Gasteiger partial charge in [0, 0.05) is 38.3 Å². The molecule has 6 heteroatoms. The zero-order valence-corrected chi connectivity index (χ0v) is 12.2. The third kappa shape index (κ3) is 2.71. The van der Waals surface area contributed by atoms with Crippen molar-refractivity contribution in [2.75, 3.05) is 26.2 Å². The largest absolute Gasteiger partial charge is 0.311 e. The lowest BCUT2D eigenvalue weighted by Crippen LogP contribution is -2.60. The first-order valence-electron chi connectivity index (χ1n) is 7.09. The first-order chi connectivity index (χ1) is 8.59. The van der Waals surface area contributed by atoms with Gasteiger partial charge in [-0.2, -0.15) is 17.0 Å². The van der Waals surface area contributed by atoms with E-state index in [1.54, 1.807) is 8.61 Å². The fourth-order valence-corrected chi connectivity index (χ4v) is 4.79. The number of nitrogens with one attached hydrogen (secondary N) is 1. The fourth-order valence-electron chi connectivity index (χ4n) is 2.81.